The number of allylic oxidation sites excluding steroid dienone is 3. The van der Waals surface area contributed by atoms with Crippen molar-refractivity contribution in [2.24, 2.45) is 28.6 Å². The Kier molecular flexibility index (Phi) is 3.91. The molecule has 0 aromatic heterocycles. The third-order valence-electron chi connectivity index (χ3n) is 7.16. The number of aliphatic hydroxyl groups excluding tert-OH is 2. The maximum atomic E-state index is 14.0. The predicted molar refractivity (Wildman–Crippen MR) is 86.2 cm³/mol. The quantitative estimate of drug-likeness (QED) is 0.785. The van der Waals surface area contributed by atoms with Crippen LogP contribution in [0, 0.1) is 28.6 Å². The van der Waals surface area contributed by atoms with Crippen LogP contribution in [0.4, 0.5) is 4.39 Å². The molecule has 3 aliphatic carbocycles. The molecular weight excluding hydrogens is 279 g/mol. The van der Waals surface area contributed by atoms with Gasteiger partial charge in [-0.3, -0.25) is 0 Å². The minimum atomic E-state index is -1.06. The number of hydrogen-bond donors (Lipinski definition) is 2. The van der Waals surface area contributed by atoms with Crippen LogP contribution in [-0.2, 0) is 0 Å². The fraction of sp³-hybridized carbons (Fsp3) is 0.789. The van der Waals surface area contributed by atoms with Crippen LogP contribution in [0.15, 0.2) is 24.0 Å². The molecule has 0 amide bonds. The summed E-state index contributed by atoms with van der Waals surface area (Å²) in [5.74, 6) is 1.47. The molecule has 0 spiro atoms. The summed E-state index contributed by atoms with van der Waals surface area (Å²) in [6.07, 6.45) is 8.54. The van der Waals surface area contributed by atoms with E-state index in [4.69, 9.17) is 0 Å². The van der Waals surface area contributed by atoms with E-state index in [9.17, 15) is 14.6 Å². The van der Waals surface area contributed by atoms with Gasteiger partial charge in [0.25, 0.3) is 0 Å². The Morgan fingerprint density at radius 3 is 2.68 bits per heavy atom. The first-order valence-electron chi connectivity index (χ1n) is 8.73. The summed E-state index contributed by atoms with van der Waals surface area (Å²) in [7, 11) is 0. The van der Waals surface area contributed by atoms with E-state index in [0.717, 1.165) is 25.7 Å². The van der Waals surface area contributed by atoms with Crippen LogP contribution in [0.3, 0.4) is 0 Å². The van der Waals surface area contributed by atoms with Crippen LogP contribution < -0.4 is 0 Å². The second kappa shape index (κ2) is 5.36. The predicted octanol–water partition coefficient (Wildman–Crippen LogP) is 4.56. The lowest BCUT2D eigenvalue weighted by molar-refractivity contribution is -0.0371. The Hall–Kier alpha value is -0.830. The molecule has 0 heterocycles. The zero-order valence-electron chi connectivity index (χ0n) is 13.9. The Bertz CT molecular complexity index is 500. The standard InChI is InChI=1S/C19H29FO2/c1-4-12-10-15(21)6-8-18(12,2)13-5-7-19(3)14(9-13)11-16(20)17(19)22/h6,8,10,12-14,16-17,21-22H,4-5,7,9,11H2,1-3H3/t12-,13-,14+,16+,17-,18-,19-/m0/s1. The van der Waals surface area contributed by atoms with Crippen molar-refractivity contribution in [2.45, 2.75) is 65.2 Å². The lowest BCUT2D eigenvalue weighted by atomic mass is 9.55. The Morgan fingerprint density at radius 1 is 1.27 bits per heavy atom. The van der Waals surface area contributed by atoms with Gasteiger partial charge in [0.05, 0.1) is 6.10 Å². The summed E-state index contributed by atoms with van der Waals surface area (Å²) in [6, 6.07) is 0. The summed E-state index contributed by atoms with van der Waals surface area (Å²) in [4.78, 5) is 0. The van der Waals surface area contributed by atoms with Crippen LogP contribution in [0.1, 0.15) is 52.9 Å². The van der Waals surface area contributed by atoms with Gasteiger partial charge in [-0.25, -0.2) is 4.39 Å². The molecule has 0 unspecified atom stereocenters. The Balaban J connectivity index is 1.82. The van der Waals surface area contributed by atoms with Crippen LogP contribution >= 0.6 is 0 Å². The molecule has 3 heteroatoms. The van der Waals surface area contributed by atoms with Crippen molar-refractivity contribution < 1.29 is 14.6 Å². The van der Waals surface area contributed by atoms with E-state index in [0.29, 0.717) is 24.0 Å². The molecule has 124 valence electrons. The molecule has 0 aromatic rings. The Morgan fingerprint density at radius 2 is 2.00 bits per heavy atom. The summed E-state index contributed by atoms with van der Waals surface area (Å²) in [6.45, 7) is 6.52. The van der Waals surface area contributed by atoms with Crippen molar-refractivity contribution in [1.29, 1.82) is 0 Å². The average molecular weight is 308 g/mol. The smallest absolute Gasteiger partial charge is 0.127 e. The number of aliphatic hydroxyl groups is 2. The van der Waals surface area contributed by atoms with Crippen molar-refractivity contribution in [3.8, 4) is 0 Å². The average Bonchev–Trinajstić information content (AvgIpc) is 2.72. The van der Waals surface area contributed by atoms with Crippen molar-refractivity contribution in [2.75, 3.05) is 0 Å². The van der Waals surface area contributed by atoms with Gasteiger partial charge in [-0.2, -0.15) is 0 Å². The largest absolute Gasteiger partial charge is 0.508 e. The van der Waals surface area contributed by atoms with E-state index in [-0.39, 0.29) is 16.7 Å². The highest BCUT2D eigenvalue weighted by molar-refractivity contribution is 5.25. The van der Waals surface area contributed by atoms with Gasteiger partial charge in [0.2, 0.25) is 0 Å². The molecule has 0 aliphatic heterocycles. The van der Waals surface area contributed by atoms with Gasteiger partial charge in [-0.15, -0.1) is 0 Å². The molecule has 2 fully saturated rings. The molecule has 2 N–H and O–H groups in total. The molecule has 3 rings (SSSR count). The lowest BCUT2D eigenvalue weighted by Gasteiger charge is -2.49. The van der Waals surface area contributed by atoms with E-state index < -0.39 is 12.3 Å². The van der Waals surface area contributed by atoms with Gasteiger partial charge in [0.15, 0.2) is 0 Å². The number of rotatable bonds is 2. The maximum Gasteiger partial charge on any atom is 0.127 e. The molecular formula is C19H29FO2. The fourth-order valence-electron chi connectivity index (χ4n) is 5.38. The van der Waals surface area contributed by atoms with Gasteiger partial charge in [-0.05, 0) is 72.8 Å². The minimum absolute atomic E-state index is 0.0294. The molecule has 2 saturated carbocycles. The molecule has 0 aromatic carbocycles. The summed E-state index contributed by atoms with van der Waals surface area (Å²) in [5.41, 5.74) is -0.216. The van der Waals surface area contributed by atoms with Crippen molar-refractivity contribution in [3.63, 3.8) is 0 Å². The lowest BCUT2D eigenvalue weighted by Crippen LogP contribution is -2.44. The molecule has 0 bridgehead atoms. The van der Waals surface area contributed by atoms with Gasteiger partial charge >= 0.3 is 0 Å². The Labute approximate surface area is 133 Å². The third kappa shape index (κ3) is 2.24. The van der Waals surface area contributed by atoms with Gasteiger partial charge in [0, 0.05) is 0 Å². The molecule has 3 aliphatic rings. The second-order valence-electron chi connectivity index (χ2n) is 8.18. The summed E-state index contributed by atoms with van der Waals surface area (Å²) >= 11 is 0. The third-order valence-corrected chi connectivity index (χ3v) is 7.16. The van der Waals surface area contributed by atoms with Crippen LogP contribution in [0.5, 0.6) is 0 Å². The van der Waals surface area contributed by atoms with Crippen molar-refractivity contribution >= 4 is 0 Å². The van der Waals surface area contributed by atoms with E-state index in [1.54, 1.807) is 0 Å². The van der Waals surface area contributed by atoms with Crippen molar-refractivity contribution in [1.82, 2.24) is 0 Å². The molecule has 0 saturated heterocycles. The zero-order valence-corrected chi connectivity index (χ0v) is 13.9. The molecule has 7 atom stereocenters. The van der Waals surface area contributed by atoms with Crippen LogP contribution in [0.25, 0.3) is 0 Å². The van der Waals surface area contributed by atoms with Crippen LogP contribution in [0.2, 0.25) is 0 Å². The first-order valence-corrected chi connectivity index (χ1v) is 8.73. The minimum Gasteiger partial charge on any atom is -0.508 e. The van der Waals surface area contributed by atoms with E-state index >= 15 is 0 Å². The second-order valence-corrected chi connectivity index (χ2v) is 8.18. The van der Waals surface area contributed by atoms with Gasteiger partial charge in [0.1, 0.15) is 11.9 Å². The van der Waals surface area contributed by atoms with E-state index in [2.05, 4.69) is 26.8 Å². The maximum absolute atomic E-state index is 14.0. The van der Waals surface area contributed by atoms with Gasteiger partial charge in [-0.1, -0.05) is 26.8 Å². The number of alkyl halides is 1. The zero-order chi connectivity index (χ0) is 16.1. The summed E-state index contributed by atoms with van der Waals surface area (Å²) in [5, 5.41) is 20.0. The monoisotopic (exact) mass is 308 g/mol. The first kappa shape index (κ1) is 16.0. The summed E-state index contributed by atoms with van der Waals surface area (Å²) < 4.78 is 14.0. The van der Waals surface area contributed by atoms with E-state index in [1.165, 1.54) is 0 Å². The van der Waals surface area contributed by atoms with Crippen molar-refractivity contribution in [3.05, 3.63) is 24.0 Å². The molecule has 22 heavy (non-hydrogen) atoms. The van der Waals surface area contributed by atoms with Gasteiger partial charge < -0.3 is 10.2 Å². The normalized spacial score (nSPS) is 51.5. The van der Waals surface area contributed by atoms with E-state index in [1.807, 2.05) is 12.2 Å². The molecule has 2 nitrogen and oxygen atoms in total. The highest BCUT2D eigenvalue weighted by atomic mass is 19.1. The highest BCUT2D eigenvalue weighted by Gasteiger charge is 2.56. The molecule has 0 radical (unpaired) electrons. The topological polar surface area (TPSA) is 40.5 Å². The first-order chi connectivity index (χ1) is 10.3. The SMILES string of the molecule is CC[C@H]1C=C(O)C=C[C@]1(C)[C@H]1CC[C@@]2(C)[C@H](C1)C[C@@H](F)[C@@H]2O. The number of hydrogen-bond acceptors (Lipinski definition) is 2. The number of fused-ring (bicyclic) bond motifs is 1. The number of halogens is 1. The highest BCUT2D eigenvalue weighted by Crippen LogP contribution is 2.59. The fourth-order valence-corrected chi connectivity index (χ4v) is 5.38. The van der Waals surface area contributed by atoms with Crippen LogP contribution in [-0.4, -0.2) is 22.5 Å².